The van der Waals surface area contributed by atoms with Crippen LogP contribution >= 0.6 is 11.6 Å². The van der Waals surface area contributed by atoms with Crippen LogP contribution in [-0.4, -0.2) is 13.2 Å². The summed E-state index contributed by atoms with van der Waals surface area (Å²) in [7, 11) is 1.29. The molecule has 2 rings (SSSR count). The number of hydrogen-bond acceptors (Lipinski definition) is 1. The lowest BCUT2D eigenvalue weighted by Gasteiger charge is -2.21. The monoisotopic (exact) mass is 273 g/mol. The first kappa shape index (κ1) is 13.2. The summed E-state index contributed by atoms with van der Waals surface area (Å²) >= 11 is 5.99. The molecule has 1 atom stereocenters. The van der Waals surface area contributed by atoms with Gasteiger partial charge in [0.2, 0.25) is 0 Å². The average molecular weight is 274 g/mol. The quantitative estimate of drug-likeness (QED) is 0.859. The van der Waals surface area contributed by atoms with Crippen LogP contribution in [-0.2, 0) is 0 Å². The second kappa shape index (κ2) is 4.78. The zero-order chi connectivity index (χ0) is 13.3. The molecule has 2 aromatic rings. The van der Waals surface area contributed by atoms with Crippen LogP contribution in [0.3, 0.4) is 0 Å². The Balaban J connectivity index is 2.68. The van der Waals surface area contributed by atoms with Crippen LogP contribution in [0, 0.1) is 0 Å². The maximum Gasteiger partial charge on any atom is 0.407 e. The fourth-order valence-corrected chi connectivity index (χ4v) is 2.26. The Hall–Kier alpha value is -1.26. The van der Waals surface area contributed by atoms with Gasteiger partial charge in [0, 0.05) is 10.4 Å². The second-order valence-corrected chi connectivity index (χ2v) is 4.35. The van der Waals surface area contributed by atoms with Gasteiger partial charge in [0.05, 0.1) is 0 Å². The van der Waals surface area contributed by atoms with Crippen molar-refractivity contribution in [3.8, 4) is 0 Å². The molecule has 0 bridgehead atoms. The van der Waals surface area contributed by atoms with Crippen LogP contribution < -0.4 is 5.32 Å². The van der Waals surface area contributed by atoms with Crippen LogP contribution in [0.15, 0.2) is 36.4 Å². The van der Waals surface area contributed by atoms with Gasteiger partial charge >= 0.3 is 6.18 Å². The largest absolute Gasteiger partial charge is 0.407 e. The molecule has 0 spiro atoms. The van der Waals surface area contributed by atoms with E-state index >= 15 is 0 Å². The predicted molar refractivity (Wildman–Crippen MR) is 66.8 cm³/mol. The number of benzene rings is 2. The smallest absolute Gasteiger partial charge is 0.306 e. The average Bonchev–Trinajstić information content (AvgIpc) is 2.32. The van der Waals surface area contributed by atoms with Gasteiger partial charge in [-0.3, -0.25) is 0 Å². The summed E-state index contributed by atoms with van der Waals surface area (Å²) in [6, 6.07) is 8.02. The third-order valence-electron chi connectivity index (χ3n) is 2.83. The summed E-state index contributed by atoms with van der Waals surface area (Å²) < 4.78 is 38.8. The third kappa shape index (κ3) is 2.31. The summed E-state index contributed by atoms with van der Waals surface area (Å²) in [4.78, 5) is 0. The Morgan fingerprint density at radius 1 is 1.06 bits per heavy atom. The maximum absolute atomic E-state index is 12.9. The van der Waals surface area contributed by atoms with E-state index in [9.17, 15) is 13.2 Å². The summed E-state index contributed by atoms with van der Waals surface area (Å²) in [5, 5.41) is 3.89. The van der Waals surface area contributed by atoms with Crippen LogP contribution in [0.25, 0.3) is 10.8 Å². The highest BCUT2D eigenvalue weighted by Crippen LogP contribution is 2.37. The molecule has 0 radical (unpaired) electrons. The van der Waals surface area contributed by atoms with Crippen molar-refractivity contribution >= 4 is 22.4 Å². The third-order valence-corrected chi connectivity index (χ3v) is 3.16. The van der Waals surface area contributed by atoms with E-state index in [1.165, 1.54) is 19.2 Å². The number of alkyl halides is 3. The van der Waals surface area contributed by atoms with E-state index in [0.717, 1.165) is 0 Å². The van der Waals surface area contributed by atoms with E-state index in [0.29, 0.717) is 15.8 Å². The van der Waals surface area contributed by atoms with Gasteiger partial charge in [-0.05, 0) is 24.1 Å². The normalized spacial score (nSPS) is 13.8. The zero-order valence-corrected chi connectivity index (χ0v) is 10.3. The highest BCUT2D eigenvalue weighted by molar-refractivity contribution is 6.35. The highest BCUT2D eigenvalue weighted by Gasteiger charge is 2.40. The molecular weight excluding hydrogens is 263 g/mol. The minimum absolute atomic E-state index is 0.185. The van der Waals surface area contributed by atoms with Crippen LogP contribution in [0.1, 0.15) is 11.6 Å². The molecule has 0 amide bonds. The van der Waals surface area contributed by atoms with E-state index in [-0.39, 0.29) is 5.56 Å². The lowest BCUT2D eigenvalue weighted by Crippen LogP contribution is -2.31. The summed E-state index contributed by atoms with van der Waals surface area (Å²) in [5.74, 6) is 0. The molecular formula is C13H11ClF3N. The summed E-state index contributed by atoms with van der Waals surface area (Å²) in [5.41, 5.74) is 0.185. The molecule has 0 aromatic heterocycles. The number of rotatable bonds is 2. The van der Waals surface area contributed by atoms with E-state index in [1.807, 2.05) is 0 Å². The molecule has 1 nitrogen and oxygen atoms in total. The zero-order valence-electron chi connectivity index (χ0n) is 9.55. The SMILES string of the molecule is CNC(c1ccc(Cl)c2ccccc12)C(F)(F)F. The first-order valence-corrected chi connectivity index (χ1v) is 5.74. The van der Waals surface area contributed by atoms with Crippen LogP contribution in [0.4, 0.5) is 13.2 Å². The topological polar surface area (TPSA) is 12.0 Å². The molecule has 96 valence electrons. The predicted octanol–water partition coefficient (Wildman–Crippen LogP) is 4.32. The van der Waals surface area contributed by atoms with Crippen LogP contribution in [0.5, 0.6) is 0 Å². The van der Waals surface area contributed by atoms with Crippen LogP contribution in [0.2, 0.25) is 5.02 Å². The standard InChI is InChI=1S/C13H11ClF3N/c1-18-12(13(15,16)17)10-6-7-11(14)9-5-3-2-4-8(9)10/h2-7,12,18H,1H3. The Labute approximate surface area is 108 Å². The van der Waals surface area contributed by atoms with Gasteiger partial charge in [0.1, 0.15) is 6.04 Å². The fourth-order valence-electron chi connectivity index (χ4n) is 2.03. The summed E-state index contributed by atoms with van der Waals surface area (Å²) in [6.45, 7) is 0. The molecule has 0 aliphatic carbocycles. The summed E-state index contributed by atoms with van der Waals surface area (Å²) in [6.07, 6.45) is -4.34. The molecule has 0 saturated carbocycles. The first-order valence-electron chi connectivity index (χ1n) is 5.36. The van der Waals surface area contributed by atoms with E-state index in [2.05, 4.69) is 5.32 Å². The van der Waals surface area contributed by atoms with Crippen molar-refractivity contribution in [3.63, 3.8) is 0 Å². The molecule has 2 aromatic carbocycles. The number of nitrogens with one attached hydrogen (secondary N) is 1. The molecule has 0 fully saturated rings. The van der Waals surface area contributed by atoms with E-state index < -0.39 is 12.2 Å². The van der Waals surface area contributed by atoms with Crippen molar-refractivity contribution in [2.24, 2.45) is 0 Å². The maximum atomic E-state index is 12.9. The Kier molecular flexibility index (Phi) is 3.50. The molecule has 0 aliphatic heterocycles. The van der Waals surface area contributed by atoms with Gasteiger partial charge in [-0.15, -0.1) is 0 Å². The first-order chi connectivity index (χ1) is 8.45. The van der Waals surface area contributed by atoms with Gasteiger partial charge in [-0.25, -0.2) is 0 Å². The van der Waals surface area contributed by atoms with Crippen molar-refractivity contribution in [1.82, 2.24) is 5.32 Å². The molecule has 1 unspecified atom stereocenters. The van der Waals surface area contributed by atoms with Crippen molar-refractivity contribution in [1.29, 1.82) is 0 Å². The van der Waals surface area contributed by atoms with Gasteiger partial charge < -0.3 is 5.32 Å². The molecule has 18 heavy (non-hydrogen) atoms. The van der Waals surface area contributed by atoms with Crippen molar-refractivity contribution in [2.45, 2.75) is 12.2 Å². The lowest BCUT2D eigenvalue weighted by atomic mass is 9.98. The second-order valence-electron chi connectivity index (χ2n) is 3.95. The number of hydrogen-bond donors (Lipinski definition) is 1. The van der Waals surface area contributed by atoms with Gasteiger partial charge in [-0.1, -0.05) is 41.9 Å². The van der Waals surface area contributed by atoms with E-state index in [1.54, 1.807) is 24.3 Å². The Bertz CT molecular complexity index is 566. The Morgan fingerprint density at radius 2 is 1.67 bits per heavy atom. The van der Waals surface area contributed by atoms with Crippen molar-refractivity contribution < 1.29 is 13.2 Å². The molecule has 1 N–H and O–H groups in total. The minimum Gasteiger partial charge on any atom is -0.306 e. The van der Waals surface area contributed by atoms with Gasteiger partial charge in [0.25, 0.3) is 0 Å². The lowest BCUT2D eigenvalue weighted by molar-refractivity contribution is -0.156. The van der Waals surface area contributed by atoms with Crippen molar-refractivity contribution in [2.75, 3.05) is 7.05 Å². The molecule has 0 heterocycles. The van der Waals surface area contributed by atoms with Gasteiger partial charge in [-0.2, -0.15) is 13.2 Å². The fraction of sp³-hybridized carbons (Fsp3) is 0.231. The molecule has 5 heteroatoms. The van der Waals surface area contributed by atoms with E-state index in [4.69, 9.17) is 11.6 Å². The Morgan fingerprint density at radius 3 is 2.22 bits per heavy atom. The molecule has 0 aliphatic rings. The van der Waals surface area contributed by atoms with Gasteiger partial charge in [0.15, 0.2) is 0 Å². The minimum atomic E-state index is -4.34. The number of fused-ring (bicyclic) bond motifs is 1. The number of halogens is 4. The van der Waals surface area contributed by atoms with Crippen molar-refractivity contribution in [3.05, 3.63) is 47.0 Å². The highest BCUT2D eigenvalue weighted by atomic mass is 35.5. The molecule has 0 saturated heterocycles.